The smallest absolute Gasteiger partial charge is 0.227 e. The second-order valence-electron chi connectivity index (χ2n) is 6.63. The molecule has 1 aliphatic heterocycles. The van der Waals surface area contributed by atoms with Crippen LogP contribution in [0.15, 0.2) is 48.5 Å². The van der Waals surface area contributed by atoms with Gasteiger partial charge in [-0.15, -0.1) is 0 Å². The van der Waals surface area contributed by atoms with E-state index in [1.165, 1.54) is 11.1 Å². The molecule has 1 N–H and O–H groups in total. The Balaban J connectivity index is 1.59. The van der Waals surface area contributed by atoms with Crippen LogP contribution in [-0.4, -0.2) is 18.4 Å². The summed E-state index contributed by atoms with van der Waals surface area (Å²) < 4.78 is 0. The number of rotatable bonds is 5. The van der Waals surface area contributed by atoms with E-state index in [-0.39, 0.29) is 24.2 Å². The highest BCUT2D eigenvalue weighted by Gasteiger charge is 2.34. The maximum absolute atomic E-state index is 12.4. The van der Waals surface area contributed by atoms with Crippen molar-refractivity contribution in [2.75, 3.05) is 11.4 Å². The molecule has 0 aliphatic carbocycles. The van der Waals surface area contributed by atoms with Gasteiger partial charge in [0.1, 0.15) is 0 Å². The van der Waals surface area contributed by atoms with Crippen LogP contribution in [0.2, 0.25) is 0 Å². The molecule has 130 valence electrons. The summed E-state index contributed by atoms with van der Waals surface area (Å²) in [6.07, 6.45) is 1.24. The largest absolute Gasteiger partial charge is 0.352 e. The fraction of sp³-hybridized carbons (Fsp3) is 0.333. The van der Waals surface area contributed by atoms with Crippen molar-refractivity contribution < 1.29 is 9.59 Å². The number of amides is 2. The molecule has 2 aromatic carbocycles. The van der Waals surface area contributed by atoms with E-state index in [0.717, 1.165) is 17.7 Å². The second kappa shape index (κ2) is 7.51. The van der Waals surface area contributed by atoms with Crippen LogP contribution < -0.4 is 10.2 Å². The van der Waals surface area contributed by atoms with E-state index in [9.17, 15) is 9.59 Å². The van der Waals surface area contributed by atoms with Gasteiger partial charge in [-0.2, -0.15) is 0 Å². The quantitative estimate of drug-likeness (QED) is 0.911. The molecule has 2 aromatic rings. The number of hydrogen-bond acceptors (Lipinski definition) is 2. The van der Waals surface area contributed by atoms with Crippen LogP contribution in [0.5, 0.6) is 0 Å². The summed E-state index contributed by atoms with van der Waals surface area (Å²) in [5.41, 5.74) is 4.37. The Hall–Kier alpha value is -2.62. The monoisotopic (exact) mass is 336 g/mol. The minimum atomic E-state index is -0.288. The number of anilines is 1. The molecule has 0 aromatic heterocycles. The van der Waals surface area contributed by atoms with Gasteiger partial charge in [0, 0.05) is 25.2 Å². The average Bonchev–Trinajstić information content (AvgIpc) is 3.03. The maximum Gasteiger partial charge on any atom is 0.227 e. The number of carbonyl (C=O) groups excluding carboxylic acids is 2. The van der Waals surface area contributed by atoms with Gasteiger partial charge in [-0.1, -0.05) is 48.9 Å². The Kier molecular flexibility index (Phi) is 5.17. The minimum Gasteiger partial charge on any atom is -0.352 e. The molecule has 1 aliphatic rings. The van der Waals surface area contributed by atoms with E-state index in [1.807, 2.05) is 55.5 Å². The highest BCUT2D eigenvalue weighted by Crippen LogP contribution is 2.25. The number of aryl methyl sites for hydroxylation is 2. The van der Waals surface area contributed by atoms with E-state index in [0.29, 0.717) is 13.1 Å². The molecule has 3 rings (SSSR count). The lowest BCUT2D eigenvalue weighted by Gasteiger charge is -2.17. The van der Waals surface area contributed by atoms with E-state index in [1.54, 1.807) is 4.90 Å². The zero-order chi connectivity index (χ0) is 17.8. The summed E-state index contributed by atoms with van der Waals surface area (Å²) in [4.78, 5) is 26.4. The molecule has 1 fully saturated rings. The lowest BCUT2D eigenvalue weighted by molar-refractivity contribution is -0.126. The molecular formula is C21H24N2O2. The van der Waals surface area contributed by atoms with Crippen LogP contribution in [0.3, 0.4) is 0 Å². The standard InChI is InChI=1S/C21H24N2O2/c1-3-16-8-10-19(11-9-16)23-14-18(12-20(23)24)21(25)22-13-17-6-4-15(2)5-7-17/h4-11,18H,3,12-14H2,1-2H3,(H,22,25)/t18-/m0/s1. The number of carbonyl (C=O) groups is 2. The van der Waals surface area contributed by atoms with Gasteiger partial charge >= 0.3 is 0 Å². The van der Waals surface area contributed by atoms with Crippen LogP contribution >= 0.6 is 0 Å². The lowest BCUT2D eigenvalue weighted by atomic mass is 10.1. The van der Waals surface area contributed by atoms with Gasteiger partial charge in [0.15, 0.2) is 0 Å². The highest BCUT2D eigenvalue weighted by molar-refractivity contribution is 6.00. The zero-order valence-electron chi connectivity index (χ0n) is 14.8. The van der Waals surface area contributed by atoms with Gasteiger partial charge in [0.2, 0.25) is 11.8 Å². The zero-order valence-corrected chi connectivity index (χ0v) is 14.8. The minimum absolute atomic E-state index is 0.0136. The molecule has 1 heterocycles. The first kappa shape index (κ1) is 17.2. The topological polar surface area (TPSA) is 49.4 Å². The SMILES string of the molecule is CCc1ccc(N2C[C@@H](C(=O)NCc3ccc(C)cc3)CC2=O)cc1. The van der Waals surface area contributed by atoms with Crippen molar-refractivity contribution in [1.29, 1.82) is 0 Å². The molecule has 4 heteroatoms. The van der Waals surface area contributed by atoms with Gasteiger partial charge in [-0.3, -0.25) is 9.59 Å². The summed E-state index contributed by atoms with van der Waals surface area (Å²) in [5.74, 6) is -0.329. The summed E-state index contributed by atoms with van der Waals surface area (Å²) in [6, 6.07) is 16.1. The fourth-order valence-electron chi connectivity index (χ4n) is 3.08. The van der Waals surface area contributed by atoms with E-state index in [4.69, 9.17) is 0 Å². The average molecular weight is 336 g/mol. The first-order chi connectivity index (χ1) is 12.1. The molecule has 0 saturated carbocycles. The molecule has 1 saturated heterocycles. The Bertz CT molecular complexity index is 750. The van der Waals surface area contributed by atoms with E-state index < -0.39 is 0 Å². The molecule has 0 spiro atoms. The molecular weight excluding hydrogens is 312 g/mol. The summed E-state index contributed by atoms with van der Waals surface area (Å²) in [5, 5.41) is 2.95. The van der Waals surface area contributed by atoms with Gasteiger partial charge in [-0.05, 0) is 36.6 Å². The summed E-state index contributed by atoms with van der Waals surface area (Å²) in [7, 11) is 0. The van der Waals surface area contributed by atoms with Gasteiger partial charge in [0.25, 0.3) is 0 Å². The number of benzene rings is 2. The number of nitrogens with zero attached hydrogens (tertiary/aromatic N) is 1. The van der Waals surface area contributed by atoms with Crippen LogP contribution in [0.1, 0.15) is 30.0 Å². The molecule has 25 heavy (non-hydrogen) atoms. The third kappa shape index (κ3) is 4.08. The van der Waals surface area contributed by atoms with Crippen molar-refractivity contribution in [3.63, 3.8) is 0 Å². The Morgan fingerprint density at radius 1 is 1.08 bits per heavy atom. The van der Waals surface area contributed by atoms with Crippen molar-refractivity contribution in [3.05, 3.63) is 65.2 Å². The van der Waals surface area contributed by atoms with Crippen LogP contribution in [0.4, 0.5) is 5.69 Å². The summed E-state index contributed by atoms with van der Waals surface area (Å²) in [6.45, 7) is 5.08. The second-order valence-corrected chi connectivity index (χ2v) is 6.63. The van der Waals surface area contributed by atoms with E-state index >= 15 is 0 Å². The molecule has 2 amide bonds. The fourth-order valence-corrected chi connectivity index (χ4v) is 3.08. The maximum atomic E-state index is 12.4. The molecule has 4 nitrogen and oxygen atoms in total. The van der Waals surface area contributed by atoms with E-state index in [2.05, 4.69) is 12.2 Å². The highest BCUT2D eigenvalue weighted by atomic mass is 16.2. The predicted molar refractivity (Wildman–Crippen MR) is 99.3 cm³/mol. The van der Waals surface area contributed by atoms with Crippen molar-refractivity contribution in [1.82, 2.24) is 5.32 Å². The molecule has 0 bridgehead atoms. The van der Waals surface area contributed by atoms with Crippen molar-refractivity contribution in [3.8, 4) is 0 Å². The van der Waals surface area contributed by atoms with Gasteiger partial charge in [-0.25, -0.2) is 0 Å². The van der Waals surface area contributed by atoms with Crippen LogP contribution in [0, 0.1) is 12.8 Å². The molecule has 0 radical (unpaired) electrons. The van der Waals surface area contributed by atoms with Crippen molar-refractivity contribution >= 4 is 17.5 Å². The summed E-state index contributed by atoms with van der Waals surface area (Å²) >= 11 is 0. The van der Waals surface area contributed by atoms with Gasteiger partial charge in [0.05, 0.1) is 5.92 Å². The Labute approximate surface area is 148 Å². The first-order valence-corrected chi connectivity index (χ1v) is 8.79. The Morgan fingerprint density at radius 3 is 2.36 bits per heavy atom. The van der Waals surface area contributed by atoms with Crippen molar-refractivity contribution in [2.24, 2.45) is 5.92 Å². The van der Waals surface area contributed by atoms with Crippen LogP contribution in [-0.2, 0) is 22.6 Å². The van der Waals surface area contributed by atoms with Crippen LogP contribution in [0.25, 0.3) is 0 Å². The number of hydrogen-bond donors (Lipinski definition) is 1. The molecule has 1 atom stereocenters. The first-order valence-electron chi connectivity index (χ1n) is 8.79. The predicted octanol–water partition coefficient (Wildman–Crippen LogP) is 3.23. The van der Waals surface area contributed by atoms with Crippen molar-refractivity contribution in [2.45, 2.75) is 33.2 Å². The Morgan fingerprint density at radius 2 is 1.72 bits per heavy atom. The normalized spacial score (nSPS) is 17.0. The third-order valence-corrected chi connectivity index (χ3v) is 4.74. The number of nitrogens with one attached hydrogen (secondary N) is 1. The third-order valence-electron chi connectivity index (χ3n) is 4.74. The molecule has 0 unspecified atom stereocenters. The lowest BCUT2D eigenvalue weighted by Crippen LogP contribution is -2.32. The van der Waals surface area contributed by atoms with Gasteiger partial charge < -0.3 is 10.2 Å².